The summed E-state index contributed by atoms with van der Waals surface area (Å²) in [5.41, 5.74) is -2.24. The number of phenolic OH excluding ortho intramolecular Hbond substituents is 1. The number of anilines is 1. The van der Waals surface area contributed by atoms with Gasteiger partial charge in [-0.3, -0.25) is 4.79 Å². The Bertz CT molecular complexity index is 731. The van der Waals surface area contributed by atoms with Crippen molar-refractivity contribution >= 4 is 23.2 Å². The van der Waals surface area contributed by atoms with Gasteiger partial charge in [0.25, 0.3) is 5.91 Å². The molecule has 0 aromatic heterocycles. The largest absolute Gasteiger partial charge is 0.506 e. The van der Waals surface area contributed by atoms with E-state index in [-0.39, 0.29) is 5.02 Å². The van der Waals surface area contributed by atoms with Crippen molar-refractivity contribution in [2.24, 2.45) is 0 Å². The zero-order chi connectivity index (χ0) is 16.5. The fourth-order valence-corrected chi connectivity index (χ4v) is 1.91. The summed E-state index contributed by atoms with van der Waals surface area (Å²) in [5, 5.41) is 10.9. The fourth-order valence-electron chi connectivity index (χ4n) is 1.75. The second-order valence-corrected chi connectivity index (χ2v) is 4.69. The van der Waals surface area contributed by atoms with Crippen LogP contribution in [0.5, 0.6) is 5.75 Å². The number of rotatable bonds is 2. The van der Waals surface area contributed by atoms with E-state index in [0.717, 1.165) is 24.3 Å². The zero-order valence-corrected chi connectivity index (χ0v) is 11.5. The molecule has 3 nitrogen and oxygen atoms in total. The fraction of sp³-hybridized carbons (Fsp3) is 0.0714. The Hall–Kier alpha value is -2.28. The van der Waals surface area contributed by atoms with Crippen LogP contribution in [0.4, 0.5) is 23.2 Å². The van der Waals surface area contributed by atoms with Crippen LogP contribution in [0.15, 0.2) is 36.4 Å². The maximum atomic E-state index is 13.6. The standard InChI is InChI=1S/C14H8ClF4NO2/c15-9-5-11(10(16)6-12(9)21)20-13(22)7-3-1-2-4-8(7)14(17,18)19/h1-6,21H,(H,20,22). The second kappa shape index (κ2) is 5.84. The van der Waals surface area contributed by atoms with Gasteiger partial charge in [-0.1, -0.05) is 23.7 Å². The number of hydrogen-bond acceptors (Lipinski definition) is 2. The van der Waals surface area contributed by atoms with Gasteiger partial charge in [0, 0.05) is 6.07 Å². The molecule has 0 spiro atoms. The third-order valence-electron chi connectivity index (χ3n) is 2.76. The van der Waals surface area contributed by atoms with Crippen molar-refractivity contribution in [1.29, 1.82) is 0 Å². The molecule has 0 fully saturated rings. The van der Waals surface area contributed by atoms with Gasteiger partial charge in [-0.25, -0.2) is 4.39 Å². The Kier molecular flexibility index (Phi) is 4.27. The number of alkyl halides is 3. The maximum absolute atomic E-state index is 13.6. The number of nitrogens with one attached hydrogen (secondary N) is 1. The number of carbonyl (C=O) groups is 1. The molecule has 0 aliphatic heterocycles. The normalized spacial score (nSPS) is 11.3. The Balaban J connectivity index is 2.37. The van der Waals surface area contributed by atoms with Crippen LogP contribution in [0.3, 0.4) is 0 Å². The summed E-state index contributed by atoms with van der Waals surface area (Å²) in [6.45, 7) is 0. The van der Waals surface area contributed by atoms with Crippen LogP contribution in [0.25, 0.3) is 0 Å². The first-order valence-electron chi connectivity index (χ1n) is 5.85. The van der Waals surface area contributed by atoms with Gasteiger partial charge in [-0.05, 0) is 18.2 Å². The lowest BCUT2D eigenvalue weighted by atomic mass is 10.1. The molecule has 8 heteroatoms. The topological polar surface area (TPSA) is 49.3 Å². The van der Waals surface area contributed by atoms with Crippen molar-refractivity contribution < 1.29 is 27.5 Å². The molecule has 116 valence electrons. The summed E-state index contributed by atoms with van der Waals surface area (Å²) in [6.07, 6.45) is -4.72. The number of carbonyl (C=O) groups excluding carboxylic acids is 1. The number of halogens is 5. The summed E-state index contributed by atoms with van der Waals surface area (Å²) in [6, 6.07) is 5.66. The van der Waals surface area contributed by atoms with Crippen LogP contribution in [0.2, 0.25) is 5.02 Å². The molecule has 0 atom stereocenters. The van der Waals surface area contributed by atoms with Gasteiger partial charge in [-0.15, -0.1) is 0 Å². The zero-order valence-electron chi connectivity index (χ0n) is 10.7. The molecule has 1 amide bonds. The van der Waals surface area contributed by atoms with Crippen molar-refractivity contribution in [3.8, 4) is 5.75 Å². The molecule has 0 bridgehead atoms. The summed E-state index contributed by atoms with van der Waals surface area (Å²) >= 11 is 5.57. The molecule has 0 aliphatic carbocycles. The van der Waals surface area contributed by atoms with E-state index in [1.807, 2.05) is 5.32 Å². The van der Waals surface area contributed by atoms with Crippen LogP contribution in [-0.2, 0) is 6.18 Å². The molecule has 0 saturated carbocycles. The number of amides is 1. The van der Waals surface area contributed by atoms with E-state index in [1.165, 1.54) is 6.07 Å². The average Bonchev–Trinajstić information content (AvgIpc) is 2.43. The van der Waals surface area contributed by atoms with Crippen LogP contribution >= 0.6 is 11.6 Å². The summed E-state index contributed by atoms with van der Waals surface area (Å²) in [7, 11) is 0. The quantitative estimate of drug-likeness (QED) is 0.630. The molecule has 0 aliphatic rings. The van der Waals surface area contributed by atoms with Crippen LogP contribution in [0.1, 0.15) is 15.9 Å². The SMILES string of the molecule is O=C(Nc1cc(Cl)c(O)cc1F)c1ccccc1C(F)(F)F. The number of phenols is 1. The molecule has 0 saturated heterocycles. The van der Waals surface area contributed by atoms with Gasteiger partial charge in [0.2, 0.25) is 0 Å². The molecule has 2 aromatic carbocycles. The van der Waals surface area contributed by atoms with E-state index in [1.54, 1.807) is 0 Å². The monoisotopic (exact) mass is 333 g/mol. The first kappa shape index (κ1) is 16.1. The highest BCUT2D eigenvalue weighted by Crippen LogP contribution is 2.33. The third kappa shape index (κ3) is 3.30. The van der Waals surface area contributed by atoms with E-state index in [9.17, 15) is 27.5 Å². The van der Waals surface area contributed by atoms with E-state index in [4.69, 9.17) is 11.6 Å². The van der Waals surface area contributed by atoms with Gasteiger partial charge >= 0.3 is 6.18 Å². The van der Waals surface area contributed by atoms with Crippen molar-refractivity contribution in [3.05, 3.63) is 58.4 Å². The predicted molar refractivity (Wildman–Crippen MR) is 72.5 cm³/mol. The number of benzene rings is 2. The first-order valence-corrected chi connectivity index (χ1v) is 6.23. The van der Waals surface area contributed by atoms with Crippen molar-refractivity contribution in [2.45, 2.75) is 6.18 Å². The van der Waals surface area contributed by atoms with E-state index in [2.05, 4.69) is 0 Å². The lowest BCUT2D eigenvalue weighted by Crippen LogP contribution is -2.19. The molecule has 0 unspecified atom stereocenters. The molecular weight excluding hydrogens is 326 g/mol. The highest BCUT2D eigenvalue weighted by Gasteiger charge is 2.34. The van der Waals surface area contributed by atoms with Gasteiger partial charge in [0.15, 0.2) is 5.82 Å². The van der Waals surface area contributed by atoms with Crippen molar-refractivity contribution in [3.63, 3.8) is 0 Å². The third-order valence-corrected chi connectivity index (χ3v) is 3.06. The Morgan fingerprint density at radius 2 is 1.82 bits per heavy atom. The van der Waals surface area contributed by atoms with Crippen molar-refractivity contribution in [1.82, 2.24) is 0 Å². The second-order valence-electron chi connectivity index (χ2n) is 4.28. The van der Waals surface area contributed by atoms with E-state index >= 15 is 0 Å². The van der Waals surface area contributed by atoms with E-state index in [0.29, 0.717) is 6.07 Å². The molecule has 22 heavy (non-hydrogen) atoms. The summed E-state index contributed by atoms with van der Waals surface area (Å²) in [4.78, 5) is 11.9. The van der Waals surface area contributed by atoms with Crippen LogP contribution in [-0.4, -0.2) is 11.0 Å². The lowest BCUT2D eigenvalue weighted by Gasteiger charge is -2.13. The summed E-state index contributed by atoms with van der Waals surface area (Å²) in [5.74, 6) is -2.72. The van der Waals surface area contributed by atoms with Gasteiger partial charge in [-0.2, -0.15) is 13.2 Å². The molecule has 2 N–H and O–H groups in total. The minimum absolute atomic E-state index is 0.249. The average molecular weight is 334 g/mol. The van der Waals surface area contributed by atoms with Crippen LogP contribution < -0.4 is 5.32 Å². The highest BCUT2D eigenvalue weighted by atomic mass is 35.5. The highest BCUT2D eigenvalue weighted by molar-refractivity contribution is 6.32. The lowest BCUT2D eigenvalue weighted by molar-refractivity contribution is -0.137. The Labute approximate surface area is 127 Å². The van der Waals surface area contributed by atoms with Gasteiger partial charge in [0.1, 0.15) is 5.75 Å². The van der Waals surface area contributed by atoms with Crippen molar-refractivity contribution in [2.75, 3.05) is 5.32 Å². The Morgan fingerprint density at radius 3 is 2.45 bits per heavy atom. The minimum atomic E-state index is -4.72. The smallest absolute Gasteiger partial charge is 0.417 e. The maximum Gasteiger partial charge on any atom is 0.417 e. The predicted octanol–water partition coefficient (Wildman–Crippen LogP) is 4.46. The Morgan fingerprint density at radius 1 is 1.18 bits per heavy atom. The molecular formula is C14H8ClF4NO2. The van der Waals surface area contributed by atoms with Crippen LogP contribution in [0, 0.1) is 5.82 Å². The van der Waals surface area contributed by atoms with Gasteiger partial charge in [0.05, 0.1) is 21.8 Å². The summed E-state index contributed by atoms with van der Waals surface area (Å²) < 4.78 is 52.1. The minimum Gasteiger partial charge on any atom is -0.506 e. The molecule has 2 aromatic rings. The molecule has 2 rings (SSSR count). The van der Waals surface area contributed by atoms with E-state index < -0.39 is 40.5 Å². The number of hydrogen-bond donors (Lipinski definition) is 2. The first-order chi connectivity index (χ1) is 10.2. The molecule has 0 radical (unpaired) electrons. The van der Waals surface area contributed by atoms with Gasteiger partial charge < -0.3 is 10.4 Å². The molecule has 0 heterocycles. The number of aromatic hydroxyl groups is 1.